The maximum Gasteiger partial charge on any atom is 0.315 e. The highest BCUT2D eigenvalue weighted by molar-refractivity contribution is 5.75. The molecule has 2 bridgehead atoms. The lowest BCUT2D eigenvalue weighted by atomic mass is 9.55. The molecule has 2 amide bonds. The summed E-state index contributed by atoms with van der Waals surface area (Å²) in [4.78, 5) is 19.0. The van der Waals surface area contributed by atoms with Gasteiger partial charge in [-0.15, -0.1) is 0 Å². The molecule has 5 nitrogen and oxygen atoms in total. The number of urea groups is 1. The highest BCUT2D eigenvalue weighted by Gasteiger charge is 2.69. The monoisotopic (exact) mass is 340 g/mol. The number of aromatic nitrogens is 1. The van der Waals surface area contributed by atoms with Gasteiger partial charge in [-0.05, 0) is 67.9 Å². The molecule has 25 heavy (non-hydrogen) atoms. The third kappa shape index (κ3) is 2.59. The number of hydrogen-bond acceptors (Lipinski definition) is 3. The molecule has 2 heterocycles. The quantitative estimate of drug-likeness (QED) is 0.889. The summed E-state index contributed by atoms with van der Waals surface area (Å²) in [6, 6.07) is 4.47. The zero-order valence-corrected chi connectivity index (χ0v) is 15.0. The second-order valence-corrected chi connectivity index (χ2v) is 9.06. The minimum absolute atomic E-state index is 0.0602. The maximum absolute atomic E-state index is 12.5. The van der Waals surface area contributed by atoms with Crippen LogP contribution in [0.1, 0.15) is 45.4 Å². The van der Waals surface area contributed by atoms with Crippen molar-refractivity contribution in [2.75, 3.05) is 18.0 Å². The average Bonchev–Trinajstić information content (AvgIpc) is 3.27. The Morgan fingerprint density at radius 3 is 2.40 bits per heavy atom. The number of pyridine rings is 1. The van der Waals surface area contributed by atoms with E-state index in [1.807, 2.05) is 12.4 Å². The van der Waals surface area contributed by atoms with Crippen LogP contribution in [0.3, 0.4) is 0 Å². The third-order valence-corrected chi connectivity index (χ3v) is 7.54. The fraction of sp³-hybridized carbons (Fsp3) is 0.700. The maximum atomic E-state index is 12.5. The fourth-order valence-corrected chi connectivity index (χ4v) is 5.72. The Kier molecular flexibility index (Phi) is 3.32. The number of nitrogens with zero attached hydrogens (tertiary/aromatic N) is 2. The molecular weight excluding hydrogens is 312 g/mol. The van der Waals surface area contributed by atoms with E-state index in [-0.39, 0.29) is 11.6 Å². The van der Waals surface area contributed by atoms with E-state index in [1.54, 1.807) is 0 Å². The zero-order valence-electron chi connectivity index (χ0n) is 15.0. The fourth-order valence-electron chi connectivity index (χ4n) is 5.72. The van der Waals surface area contributed by atoms with Crippen molar-refractivity contribution in [2.45, 2.75) is 57.0 Å². The van der Waals surface area contributed by atoms with Gasteiger partial charge in [-0.25, -0.2) is 4.79 Å². The molecule has 1 saturated heterocycles. The van der Waals surface area contributed by atoms with Crippen molar-refractivity contribution in [3.63, 3.8) is 0 Å². The van der Waals surface area contributed by atoms with E-state index in [4.69, 9.17) is 0 Å². The lowest BCUT2D eigenvalue weighted by Crippen LogP contribution is -2.64. The summed E-state index contributed by atoms with van der Waals surface area (Å²) >= 11 is 0. The van der Waals surface area contributed by atoms with Crippen molar-refractivity contribution >= 4 is 11.7 Å². The first kappa shape index (κ1) is 15.5. The Bertz CT molecular complexity index is 664. The number of carbonyl (C=O) groups is 1. The van der Waals surface area contributed by atoms with Gasteiger partial charge >= 0.3 is 6.03 Å². The molecule has 1 aromatic heterocycles. The molecule has 5 aliphatic rings. The summed E-state index contributed by atoms with van der Waals surface area (Å²) in [7, 11) is 0. The first-order chi connectivity index (χ1) is 12.1. The second kappa shape index (κ2) is 5.36. The Morgan fingerprint density at radius 2 is 1.76 bits per heavy atom. The molecule has 0 spiro atoms. The number of piperidine rings is 1. The first-order valence-electron chi connectivity index (χ1n) is 9.80. The molecule has 1 aliphatic heterocycles. The normalized spacial score (nSPS) is 39.2. The predicted octanol–water partition coefficient (Wildman–Crippen LogP) is 2.93. The average molecular weight is 340 g/mol. The Balaban J connectivity index is 1.11. The lowest BCUT2D eigenvalue weighted by Gasteiger charge is -2.55. The molecule has 0 radical (unpaired) electrons. The van der Waals surface area contributed by atoms with Crippen LogP contribution in [0.15, 0.2) is 24.5 Å². The van der Waals surface area contributed by atoms with Gasteiger partial charge in [-0.3, -0.25) is 4.98 Å². The van der Waals surface area contributed by atoms with E-state index in [2.05, 4.69) is 39.6 Å². The Labute approximate surface area is 149 Å². The van der Waals surface area contributed by atoms with E-state index < -0.39 is 0 Å². The van der Waals surface area contributed by atoms with Crippen molar-refractivity contribution in [3.05, 3.63) is 24.5 Å². The summed E-state index contributed by atoms with van der Waals surface area (Å²) in [5, 5.41) is 6.59. The predicted molar refractivity (Wildman–Crippen MR) is 97.4 cm³/mol. The number of anilines is 1. The van der Waals surface area contributed by atoms with Crippen molar-refractivity contribution in [1.82, 2.24) is 15.6 Å². The molecule has 134 valence electrons. The Morgan fingerprint density at radius 1 is 1.12 bits per heavy atom. The highest BCUT2D eigenvalue weighted by Crippen LogP contribution is 2.73. The molecular formula is C20H28N4O. The van der Waals surface area contributed by atoms with Gasteiger partial charge in [0.2, 0.25) is 0 Å². The van der Waals surface area contributed by atoms with Crippen LogP contribution in [0.5, 0.6) is 0 Å². The molecule has 5 heteroatoms. The van der Waals surface area contributed by atoms with Gasteiger partial charge in [-0.2, -0.15) is 0 Å². The van der Waals surface area contributed by atoms with Gasteiger partial charge in [0, 0.05) is 42.8 Å². The standard InChI is InChI=1S/C20H28N4O/c1-19-10-14(19)11-20(12-15(19)13-20)23-18(25)22-16-4-8-24(9-5-16)17-2-6-21-7-3-17/h2-3,6-7,14-16H,4-5,8-13H2,1H3,(H2,22,23,25)/t14?,15?,19-,20?/m1/s1. The SMILES string of the molecule is C[C@@]12CC1CC1(NC(=O)NC3CCN(c4ccncc4)CC3)CC2C1. The first-order valence-corrected chi connectivity index (χ1v) is 9.80. The van der Waals surface area contributed by atoms with Crippen LogP contribution < -0.4 is 15.5 Å². The molecule has 4 saturated carbocycles. The molecule has 1 unspecified atom stereocenters. The molecule has 4 aliphatic carbocycles. The minimum Gasteiger partial charge on any atom is -0.371 e. The van der Waals surface area contributed by atoms with Crippen molar-refractivity contribution in [2.24, 2.45) is 17.3 Å². The van der Waals surface area contributed by atoms with Gasteiger partial charge in [-0.1, -0.05) is 6.92 Å². The highest BCUT2D eigenvalue weighted by atomic mass is 16.2. The summed E-state index contributed by atoms with van der Waals surface area (Å²) in [5.41, 5.74) is 1.97. The summed E-state index contributed by atoms with van der Waals surface area (Å²) in [5.74, 6) is 1.72. The van der Waals surface area contributed by atoms with Crippen LogP contribution in [0.4, 0.5) is 10.5 Å². The molecule has 1 aromatic rings. The largest absolute Gasteiger partial charge is 0.371 e. The van der Waals surface area contributed by atoms with E-state index in [9.17, 15) is 4.79 Å². The topological polar surface area (TPSA) is 57.3 Å². The van der Waals surface area contributed by atoms with Crippen LogP contribution in [-0.4, -0.2) is 35.7 Å². The number of carbonyl (C=O) groups excluding carboxylic acids is 1. The number of amides is 2. The number of nitrogens with one attached hydrogen (secondary N) is 2. The van der Waals surface area contributed by atoms with E-state index in [0.717, 1.165) is 37.8 Å². The van der Waals surface area contributed by atoms with Crippen LogP contribution in [0, 0.1) is 17.3 Å². The third-order valence-electron chi connectivity index (χ3n) is 7.54. The molecule has 2 atom stereocenters. The summed E-state index contributed by atoms with van der Waals surface area (Å²) in [6.07, 6.45) is 10.7. The van der Waals surface area contributed by atoms with E-state index in [0.29, 0.717) is 11.5 Å². The van der Waals surface area contributed by atoms with Crippen LogP contribution >= 0.6 is 0 Å². The van der Waals surface area contributed by atoms with Gasteiger partial charge in [0.25, 0.3) is 0 Å². The molecule has 2 N–H and O–H groups in total. The second-order valence-electron chi connectivity index (χ2n) is 9.06. The Hall–Kier alpha value is -1.78. The van der Waals surface area contributed by atoms with Crippen molar-refractivity contribution < 1.29 is 4.79 Å². The zero-order chi connectivity index (χ0) is 17.1. The van der Waals surface area contributed by atoms with Gasteiger partial charge in [0.15, 0.2) is 0 Å². The molecule has 0 aromatic carbocycles. The van der Waals surface area contributed by atoms with Gasteiger partial charge in [0.05, 0.1) is 0 Å². The van der Waals surface area contributed by atoms with Crippen molar-refractivity contribution in [3.8, 4) is 0 Å². The van der Waals surface area contributed by atoms with Gasteiger partial charge in [0.1, 0.15) is 0 Å². The van der Waals surface area contributed by atoms with E-state index >= 15 is 0 Å². The smallest absolute Gasteiger partial charge is 0.315 e. The van der Waals surface area contributed by atoms with Crippen LogP contribution in [0.25, 0.3) is 0 Å². The lowest BCUT2D eigenvalue weighted by molar-refractivity contribution is 0.00139. The summed E-state index contributed by atoms with van der Waals surface area (Å²) < 4.78 is 0. The minimum atomic E-state index is 0.0602. The van der Waals surface area contributed by atoms with Crippen LogP contribution in [-0.2, 0) is 0 Å². The molecule has 6 rings (SSSR count). The summed E-state index contributed by atoms with van der Waals surface area (Å²) in [6.45, 7) is 4.42. The molecule has 5 fully saturated rings. The van der Waals surface area contributed by atoms with Crippen molar-refractivity contribution in [1.29, 1.82) is 0 Å². The van der Waals surface area contributed by atoms with E-state index in [1.165, 1.54) is 31.4 Å². The van der Waals surface area contributed by atoms with Crippen LogP contribution in [0.2, 0.25) is 0 Å². The number of rotatable bonds is 3. The number of hydrogen-bond donors (Lipinski definition) is 2. The van der Waals surface area contributed by atoms with Gasteiger partial charge < -0.3 is 15.5 Å².